The summed E-state index contributed by atoms with van der Waals surface area (Å²) in [5.74, 6) is -4.46. The van der Waals surface area contributed by atoms with Crippen LogP contribution in [-0.2, 0) is 16.0 Å². The van der Waals surface area contributed by atoms with Crippen LogP contribution in [0.25, 0.3) is 0 Å². The molecule has 166 valence electrons. The molecule has 0 radical (unpaired) electrons. The van der Waals surface area contributed by atoms with Gasteiger partial charge in [0.2, 0.25) is 0 Å². The van der Waals surface area contributed by atoms with Gasteiger partial charge in [0, 0.05) is 31.4 Å². The summed E-state index contributed by atoms with van der Waals surface area (Å²) >= 11 is 0. The standard InChI is InChI=1S/C21H22O10/c1-30-17-5-3-11(8-14(17)23)2-4-13(22)20-15(24)9-12(10-16(20)25)31-18(21(28)29)6-7-19(26)27/h3,5,8-10,18,23-25H,2,4,6-7H2,1H3,(H,26,27)(H,28,29). The monoisotopic (exact) mass is 434 g/mol. The van der Waals surface area contributed by atoms with E-state index in [-0.39, 0.29) is 42.1 Å². The van der Waals surface area contributed by atoms with Crippen LogP contribution in [0.15, 0.2) is 30.3 Å². The fraction of sp³-hybridized carbons (Fsp3) is 0.286. The number of carboxylic acids is 2. The van der Waals surface area contributed by atoms with E-state index in [4.69, 9.17) is 19.7 Å². The van der Waals surface area contributed by atoms with Gasteiger partial charge in [0.25, 0.3) is 0 Å². The first-order chi connectivity index (χ1) is 14.6. The van der Waals surface area contributed by atoms with Gasteiger partial charge in [0.15, 0.2) is 23.4 Å². The summed E-state index contributed by atoms with van der Waals surface area (Å²) in [6.07, 6.45) is -2.18. The van der Waals surface area contributed by atoms with Crippen molar-refractivity contribution in [3.05, 3.63) is 41.5 Å². The van der Waals surface area contributed by atoms with Crippen LogP contribution < -0.4 is 9.47 Å². The van der Waals surface area contributed by atoms with Crippen molar-refractivity contribution < 1.29 is 49.4 Å². The molecule has 0 aliphatic rings. The molecule has 5 N–H and O–H groups in total. The maximum atomic E-state index is 12.5. The zero-order valence-electron chi connectivity index (χ0n) is 16.6. The molecule has 0 heterocycles. The lowest BCUT2D eigenvalue weighted by Gasteiger charge is -2.16. The van der Waals surface area contributed by atoms with Gasteiger partial charge < -0.3 is 35.0 Å². The van der Waals surface area contributed by atoms with Crippen LogP contribution in [0.5, 0.6) is 28.7 Å². The van der Waals surface area contributed by atoms with Gasteiger partial charge in [-0.2, -0.15) is 0 Å². The van der Waals surface area contributed by atoms with E-state index in [9.17, 15) is 29.7 Å². The molecule has 0 amide bonds. The van der Waals surface area contributed by atoms with E-state index in [0.29, 0.717) is 5.56 Å². The molecule has 0 aromatic heterocycles. The number of methoxy groups -OCH3 is 1. The molecule has 1 atom stereocenters. The van der Waals surface area contributed by atoms with Crippen LogP contribution in [0.2, 0.25) is 0 Å². The predicted octanol–water partition coefficient (Wildman–Crippen LogP) is 2.32. The highest BCUT2D eigenvalue weighted by atomic mass is 16.5. The Morgan fingerprint density at radius 2 is 1.58 bits per heavy atom. The summed E-state index contributed by atoms with van der Waals surface area (Å²) in [6.45, 7) is 0. The van der Waals surface area contributed by atoms with Crippen LogP contribution >= 0.6 is 0 Å². The van der Waals surface area contributed by atoms with Gasteiger partial charge in [-0.1, -0.05) is 6.07 Å². The van der Waals surface area contributed by atoms with E-state index in [0.717, 1.165) is 12.1 Å². The second-order valence-electron chi connectivity index (χ2n) is 6.64. The molecule has 1 unspecified atom stereocenters. The lowest BCUT2D eigenvalue weighted by atomic mass is 10.0. The first kappa shape index (κ1) is 23.3. The summed E-state index contributed by atoms with van der Waals surface area (Å²) in [6, 6.07) is 6.59. The summed E-state index contributed by atoms with van der Waals surface area (Å²) in [5, 5.41) is 47.9. The first-order valence-corrected chi connectivity index (χ1v) is 9.18. The fourth-order valence-corrected chi connectivity index (χ4v) is 2.87. The molecule has 0 aliphatic carbocycles. The fourth-order valence-electron chi connectivity index (χ4n) is 2.87. The van der Waals surface area contributed by atoms with Gasteiger partial charge in [0.05, 0.1) is 7.11 Å². The molecule has 31 heavy (non-hydrogen) atoms. The van der Waals surface area contributed by atoms with Crippen LogP contribution in [0.4, 0.5) is 0 Å². The Hall–Kier alpha value is -3.95. The van der Waals surface area contributed by atoms with Crippen molar-refractivity contribution in [1.82, 2.24) is 0 Å². The smallest absolute Gasteiger partial charge is 0.344 e. The van der Waals surface area contributed by atoms with Crippen molar-refractivity contribution >= 4 is 17.7 Å². The maximum absolute atomic E-state index is 12.5. The number of carbonyl (C=O) groups is 3. The van der Waals surface area contributed by atoms with Crippen molar-refractivity contribution in [2.75, 3.05) is 7.11 Å². The van der Waals surface area contributed by atoms with Crippen molar-refractivity contribution in [3.63, 3.8) is 0 Å². The minimum Gasteiger partial charge on any atom is -0.507 e. The van der Waals surface area contributed by atoms with E-state index in [1.165, 1.54) is 13.2 Å². The summed E-state index contributed by atoms with van der Waals surface area (Å²) < 4.78 is 10.1. The molecule has 0 saturated heterocycles. The lowest BCUT2D eigenvalue weighted by Crippen LogP contribution is -2.27. The number of ether oxygens (including phenoxy) is 2. The number of phenols is 3. The Labute approximate surface area is 176 Å². The number of aryl methyl sites for hydroxylation is 1. The van der Waals surface area contributed by atoms with Gasteiger partial charge in [-0.25, -0.2) is 4.79 Å². The highest BCUT2D eigenvalue weighted by molar-refractivity contribution is 6.01. The van der Waals surface area contributed by atoms with Crippen molar-refractivity contribution in [3.8, 4) is 28.7 Å². The minimum absolute atomic E-state index is 0.0875. The predicted molar refractivity (Wildman–Crippen MR) is 106 cm³/mol. The van der Waals surface area contributed by atoms with Gasteiger partial charge in [-0.05, 0) is 24.1 Å². The van der Waals surface area contributed by atoms with Crippen LogP contribution in [0, 0.1) is 0 Å². The Morgan fingerprint density at radius 1 is 0.935 bits per heavy atom. The summed E-state index contributed by atoms with van der Waals surface area (Å²) in [5.41, 5.74) is 0.274. The molecule has 2 aromatic carbocycles. The topological polar surface area (TPSA) is 171 Å². The molecule has 0 fully saturated rings. The molecule has 0 saturated carbocycles. The summed E-state index contributed by atoms with van der Waals surface area (Å²) in [4.78, 5) is 34.3. The van der Waals surface area contributed by atoms with Gasteiger partial charge >= 0.3 is 11.9 Å². The van der Waals surface area contributed by atoms with Crippen molar-refractivity contribution in [2.45, 2.75) is 31.8 Å². The Kier molecular flexibility index (Phi) is 7.67. The molecule has 0 aliphatic heterocycles. The highest BCUT2D eigenvalue weighted by Crippen LogP contribution is 2.35. The quantitative estimate of drug-likeness (QED) is 0.331. The van der Waals surface area contributed by atoms with Crippen LogP contribution in [0.1, 0.15) is 35.2 Å². The third-order valence-corrected chi connectivity index (χ3v) is 4.41. The zero-order chi connectivity index (χ0) is 23.1. The number of hydrogen-bond donors (Lipinski definition) is 5. The number of phenolic OH excluding ortho intramolecular Hbond substituents is 3. The maximum Gasteiger partial charge on any atom is 0.344 e. The Morgan fingerprint density at radius 3 is 2.10 bits per heavy atom. The van der Waals surface area contributed by atoms with Gasteiger partial charge in [-0.3, -0.25) is 9.59 Å². The number of Topliss-reactive ketones (excluding diaryl/α,β-unsaturated/α-hetero) is 1. The number of ketones is 1. The number of carboxylic acid groups (broad SMARTS) is 2. The average Bonchev–Trinajstić information content (AvgIpc) is 2.68. The molecule has 0 bridgehead atoms. The molecule has 10 heteroatoms. The zero-order valence-corrected chi connectivity index (χ0v) is 16.6. The normalized spacial score (nSPS) is 11.5. The Balaban J connectivity index is 2.11. The highest BCUT2D eigenvalue weighted by Gasteiger charge is 2.23. The second-order valence-corrected chi connectivity index (χ2v) is 6.64. The Bertz CT molecular complexity index is 959. The van der Waals surface area contributed by atoms with E-state index >= 15 is 0 Å². The number of aromatic hydroxyl groups is 3. The van der Waals surface area contributed by atoms with E-state index in [2.05, 4.69) is 0 Å². The molecule has 2 rings (SSSR count). The molecule has 0 spiro atoms. The SMILES string of the molecule is COc1ccc(CCC(=O)c2c(O)cc(OC(CCC(=O)O)C(=O)O)cc2O)cc1O. The number of benzene rings is 2. The van der Waals surface area contributed by atoms with E-state index in [1.807, 2.05) is 0 Å². The summed E-state index contributed by atoms with van der Waals surface area (Å²) in [7, 11) is 1.40. The molecular weight excluding hydrogens is 412 g/mol. The molecule has 10 nitrogen and oxygen atoms in total. The van der Waals surface area contributed by atoms with E-state index in [1.54, 1.807) is 12.1 Å². The van der Waals surface area contributed by atoms with Crippen LogP contribution in [-0.4, -0.2) is 56.5 Å². The number of aliphatic carboxylic acids is 2. The largest absolute Gasteiger partial charge is 0.507 e. The number of rotatable bonds is 11. The van der Waals surface area contributed by atoms with Gasteiger partial charge in [-0.15, -0.1) is 0 Å². The van der Waals surface area contributed by atoms with Crippen molar-refractivity contribution in [2.24, 2.45) is 0 Å². The van der Waals surface area contributed by atoms with E-state index < -0.39 is 41.7 Å². The number of carbonyl (C=O) groups excluding carboxylic acids is 1. The third kappa shape index (κ3) is 6.26. The minimum atomic E-state index is -1.51. The van der Waals surface area contributed by atoms with Gasteiger partial charge in [0.1, 0.15) is 22.8 Å². The lowest BCUT2D eigenvalue weighted by molar-refractivity contribution is -0.146. The second kappa shape index (κ2) is 10.2. The average molecular weight is 434 g/mol. The molecule has 2 aromatic rings. The number of hydrogen-bond acceptors (Lipinski definition) is 8. The van der Waals surface area contributed by atoms with Crippen LogP contribution in [0.3, 0.4) is 0 Å². The first-order valence-electron chi connectivity index (χ1n) is 9.18. The third-order valence-electron chi connectivity index (χ3n) is 4.41. The van der Waals surface area contributed by atoms with Crippen molar-refractivity contribution in [1.29, 1.82) is 0 Å². The molecular formula is C21H22O10.